The van der Waals surface area contributed by atoms with Crippen molar-refractivity contribution in [3.63, 3.8) is 0 Å². The zero-order chi connectivity index (χ0) is 13.3. The zero-order valence-electron chi connectivity index (χ0n) is 10.1. The summed E-state index contributed by atoms with van der Waals surface area (Å²) in [6.45, 7) is 1.54. The Balaban J connectivity index is 0.00000180. The maximum atomic E-state index is 12.4. The van der Waals surface area contributed by atoms with E-state index >= 15 is 0 Å². The average molecular weight is 390 g/mol. The lowest BCUT2D eigenvalue weighted by atomic mass is 10.1. The van der Waals surface area contributed by atoms with Crippen LogP contribution in [-0.4, -0.2) is 32.4 Å². The molecule has 0 aromatic heterocycles. The Hall–Kier alpha value is 0.150. The number of sulfonamides is 1. The standard InChI is InChI=1S/C11H14BrClN2O2S.ClH/c12-10-2-1-9(5-11(10)13)18(16,17)15-4-3-8(6-14)7-15;/h1-2,5,8H,3-4,6-7,14H2;1H. The minimum atomic E-state index is -3.45. The summed E-state index contributed by atoms with van der Waals surface area (Å²) in [6, 6.07) is 4.67. The third kappa shape index (κ3) is 3.62. The first-order valence-electron chi connectivity index (χ1n) is 5.60. The molecule has 1 unspecified atom stereocenters. The van der Waals surface area contributed by atoms with Gasteiger partial charge in [0.05, 0.1) is 9.92 Å². The van der Waals surface area contributed by atoms with Gasteiger partial charge in [-0.3, -0.25) is 0 Å². The van der Waals surface area contributed by atoms with Gasteiger partial charge in [-0.05, 0) is 53.0 Å². The Morgan fingerprint density at radius 1 is 1.47 bits per heavy atom. The fourth-order valence-electron chi connectivity index (χ4n) is 1.99. The molecule has 0 radical (unpaired) electrons. The summed E-state index contributed by atoms with van der Waals surface area (Å²) in [5.74, 6) is 0.255. The number of halogens is 3. The molecule has 0 aliphatic carbocycles. The Bertz CT molecular complexity index is 554. The number of nitrogens with zero attached hydrogens (tertiary/aromatic N) is 1. The van der Waals surface area contributed by atoms with Crippen LogP contribution in [0, 0.1) is 5.92 Å². The van der Waals surface area contributed by atoms with Crippen molar-refractivity contribution in [3.05, 3.63) is 27.7 Å². The second-order valence-electron chi connectivity index (χ2n) is 4.33. The summed E-state index contributed by atoms with van der Waals surface area (Å²) < 4.78 is 26.9. The second-order valence-corrected chi connectivity index (χ2v) is 7.53. The van der Waals surface area contributed by atoms with Gasteiger partial charge in [-0.1, -0.05) is 11.6 Å². The molecule has 1 aliphatic rings. The van der Waals surface area contributed by atoms with Crippen molar-refractivity contribution in [2.75, 3.05) is 19.6 Å². The molecule has 2 rings (SSSR count). The lowest BCUT2D eigenvalue weighted by molar-refractivity contribution is 0.459. The molecule has 1 atom stereocenters. The van der Waals surface area contributed by atoms with Crippen molar-refractivity contribution >= 4 is 50.0 Å². The summed E-state index contributed by atoms with van der Waals surface area (Å²) in [6.07, 6.45) is 0.819. The van der Waals surface area contributed by atoms with Crippen molar-refractivity contribution < 1.29 is 8.42 Å². The van der Waals surface area contributed by atoms with Crippen LogP contribution in [0.25, 0.3) is 0 Å². The van der Waals surface area contributed by atoms with Gasteiger partial charge in [0.2, 0.25) is 10.0 Å². The molecule has 1 fully saturated rings. The molecular weight excluding hydrogens is 375 g/mol. The van der Waals surface area contributed by atoms with Crippen LogP contribution in [0.1, 0.15) is 6.42 Å². The average Bonchev–Trinajstić information content (AvgIpc) is 2.81. The molecule has 1 aromatic rings. The third-order valence-electron chi connectivity index (χ3n) is 3.11. The van der Waals surface area contributed by atoms with Crippen molar-refractivity contribution in [1.29, 1.82) is 0 Å². The monoisotopic (exact) mass is 388 g/mol. The first-order valence-corrected chi connectivity index (χ1v) is 8.21. The van der Waals surface area contributed by atoms with Crippen LogP contribution in [0.4, 0.5) is 0 Å². The highest BCUT2D eigenvalue weighted by molar-refractivity contribution is 9.10. The van der Waals surface area contributed by atoms with Crippen molar-refractivity contribution in [1.82, 2.24) is 4.31 Å². The summed E-state index contributed by atoms with van der Waals surface area (Å²) in [4.78, 5) is 0.230. The second kappa shape index (κ2) is 6.74. The van der Waals surface area contributed by atoms with Gasteiger partial charge in [-0.25, -0.2) is 8.42 Å². The van der Waals surface area contributed by atoms with Gasteiger partial charge in [-0.15, -0.1) is 12.4 Å². The number of hydrogen-bond acceptors (Lipinski definition) is 3. The largest absolute Gasteiger partial charge is 0.330 e. The van der Waals surface area contributed by atoms with Gasteiger partial charge >= 0.3 is 0 Å². The highest BCUT2D eigenvalue weighted by atomic mass is 79.9. The van der Waals surface area contributed by atoms with Crippen molar-refractivity contribution in [2.45, 2.75) is 11.3 Å². The number of rotatable bonds is 3. The molecule has 0 saturated carbocycles. The molecule has 0 bridgehead atoms. The Morgan fingerprint density at radius 2 is 2.16 bits per heavy atom. The van der Waals surface area contributed by atoms with Gasteiger partial charge in [0.25, 0.3) is 0 Å². The summed E-state index contributed by atoms with van der Waals surface area (Å²) in [5.41, 5.74) is 5.57. The first-order chi connectivity index (χ1) is 8.45. The lowest BCUT2D eigenvalue weighted by Gasteiger charge is -2.16. The quantitative estimate of drug-likeness (QED) is 0.863. The van der Waals surface area contributed by atoms with E-state index in [0.717, 1.165) is 6.42 Å². The van der Waals surface area contributed by atoms with Crippen LogP contribution < -0.4 is 5.73 Å². The van der Waals surface area contributed by atoms with Crippen LogP contribution in [-0.2, 0) is 10.0 Å². The molecule has 1 heterocycles. The smallest absolute Gasteiger partial charge is 0.243 e. The highest BCUT2D eigenvalue weighted by Gasteiger charge is 2.32. The van der Waals surface area contributed by atoms with Gasteiger partial charge in [0.1, 0.15) is 0 Å². The highest BCUT2D eigenvalue weighted by Crippen LogP contribution is 2.29. The van der Waals surface area contributed by atoms with E-state index in [1.165, 1.54) is 10.4 Å². The molecule has 0 spiro atoms. The molecule has 108 valence electrons. The van der Waals surface area contributed by atoms with Gasteiger partial charge in [-0.2, -0.15) is 4.31 Å². The summed E-state index contributed by atoms with van der Waals surface area (Å²) in [7, 11) is -3.45. The topological polar surface area (TPSA) is 63.4 Å². The van der Waals surface area contributed by atoms with Gasteiger partial charge < -0.3 is 5.73 Å². The van der Waals surface area contributed by atoms with Gasteiger partial charge in [0, 0.05) is 17.6 Å². The number of nitrogens with two attached hydrogens (primary N) is 1. The minimum absolute atomic E-state index is 0. The number of hydrogen-bond donors (Lipinski definition) is 1. The predicted molar refractivity (Wildman–Crippen MR) is 82.3 cm³/mol. The molecule has 8 heteroatoms. The molecular formula is C11H15BrCl2N2O2S. The molecule has 19 heavy (non-hydrogen) atoms. The SMILES string of the molecule is Cl.NCC1CCN(S(=O)(=O)c2ccc(Br)c(Cl)c2)C1. The van der Waals surface area contributed by atoms with E-state index in [1.54, 1.807) is 12.1 Å². The Morgan fingerprint density at radius 3 is 2.68 bits per heavy atom. The van der Waals surface area contributed by atoms with Crippen LogP contribution in [0.5, 0.6) is 0 Å². The van der Waals surface area contributed by atoms with Crippen LogP contribution in [0.2, 0.25) is 5.02 Å². The molecule has 1 saturated heterocycles. The van der Waals surface area contributed by atoms with E-state index in [-0.39, 0.29) is 23.2 Å². The molecule has 1 aromatic carbocycles. The maximum absolute atomic E-state index is 12.4. The normalized spacial score (nSPS) is 20.3. The van der Waals surface area contributed by atoms with Crippen LogP contribution >= 0.6 is 39.9 Å². The zero-order valence-corrected chi connectivity index (χ0v) is 14.0. The lowest BCUT2D eigenvalue weighted by Crippen LogP contribution is -2.30. The Labute approximate surface area is 132 Å². The van der Waals surface area contributed by atoms with E-state index in [1.807, 2.05) is 0 Å². The first kappa shape index (κ1) is 17.2. The maximum Gasteiger partial charge on any atom is 0.243 e. The molecule has 1 aliphatic heterocycles. The van der Waals surface area contributed by atoms with Crippen molar-refractivity contribution in [2.24, 2.45) is 11.7 Å². The van der Waals surface area contributed by atoms with Crippen molar-refractivity contribution in [3.8, 4) is 0 Å². The van der Waals surface area contributed by atoms with E-state index < -0.39 is 10.0 Å². The van der Waals surface area contributed by atoms with Crippen LogP contribution in [0.15, 0.2) is 27.6 Å². The predicted octanol–water partition coefficient (Wildman–Crippen LogP) is 2.49. The third-order valence-corrected chi connectivity index (χ3v) is 6.20. The van der Waals surface area contributed by atoms with E-state index in [4.69, 9.17) is 17.3 Å². The van der Waals surface area contributed by atoms with Crippen LogP contribution in [0.3, 0.4) is 0 Å². The van der Waals surface area contributed by atoms with E-state index in [0.29, 0.717) is 29.1 Å². The molecule has 0 amide bonds. The Kier molecular flexibility index (Phi) is 6.10. The van der Waals surface area contributed by atoms with E-state index in [9.17, 15) is 8.42 Å². The number of benzene rings is 1. The van der Waals surface area contributed by atoms with E-state index in [2.05, 4.69) is 15.9 Å². The fourth-order valence-corrected chi connectivity index (χ4v) is 4.04. The molecule has 4 nitrogen and oxygen atoms in total. The summed E-state index contributed by atoms with van der Waals surface area (Å²) in [5, 5.41) is 0.394. The minimum Gasteiger partial charge on any atom is -0.330 e. The molecule has 2 N–H and O–H groups in total. The summed E-state index contributed by atoms with van der Waals surface area (Å²) >= 11 is 9.18. The van der Waals surface area contributed by atoms with Gasteiger partial charge in [0.15, 0.2) is 0 Å². The fraction of sp³-hybridized carbons (Fsp3) is 0.455.